The van der Waals surface area contributed by atoms with E-state index in [-0.39, 0.29) is 5.78 Å². The Balaban J connectivity index is 1.57. The Bertz CT molecular complexity index is 673. The van der Waals surface area contributed by atoms with Crippen molar-refractivity contribution in [2.24, 2.45) is 0 Å². The largest absolute Gasteiger partial charge is 0.355 e. The highest BCUT2D eigenvalue weighted by Crippen LogP contribution is 2.25. The van der Waals surface area contributed by atoms with Gasteiger partial charge in [0.25, 0.3) is 0 Å². The van der Waals surface area contributed by atoms with Crippen LogP contribution in [0.2, 0.25) is 0 Å². The normalized spacial score (nSPS) is 10.8. The molecule has 0 aliphatic rings. The number of rotatable bonds is 6. The maximum absolute atomic E-state index is 12.0. The lowest BCUT2D eigenvalue weighted by Crippen LogP contribution is -2.04. The Morgan fingerprint density at radius 2 is 2.40 bits per heavy atom. The molecule has 6 nitrogen and oxygen atoms in total. The van der Waals surface area contributed by atoms with Crippen LogP contribution >= 0.6 is 11.3 Å². The molecule has 0 unspecified atom stereocenters. The molecule has 0 aromatic carbocycles. The van der Waals surface area contributed by atoms with Crippen LogP contribution in [0.5, 0.6) is 0 Å². The predicted octanol–water partition coefficient (Wildman–Crippen LogP) is 2.66. The standard InChI is InChI=1S/C13H12N4O2S/c18-11(3-1-5-17-9-14-8-15-17)10-7-12(19-16-10)13-4-2-6-20-13/h2,4,6-9H,1,3,5H2. The van der Waals surface area contributed by atoms with Gasteiger partial charge in [-0.1, -0.05) is 11.2 Å². The molecular weight excluding hydrogens is 276 g/mol. The zero-order chi connectivity index (χ0) is 13.8. The van der Waals surface area contributed by atoms with Crippen molar-refractivity contribution >= 4 is 17.1 Å². The van der Waals surface area contributed by atoms with Crippen LogP contribution in [0.15, 0.2) is 40.8 Å². The fraction of sp³-hybridized carbons (Fsp3) is 0.231. The highest BCUT2D eigenvalue weighted by molar-refractivity contribution is 7.13. The minimum Gasteiger partial charge on any atom is -0.355 e. The predicted molar refractivity (Wildman–Crippen MR) is 73.4 cm³/mol. The average molecular weight is 288 g/mol. The highest BCUT2D eigenvalue weighted by atomic mass is 32.1. The van der Waals surface area contributed by atoms with Crippen molar-refractivity contribution in [1.29, 1.82) is 0 Å². The van der Waals surface area contributed by atoms with Gasteiger partial charge in [-0.15, -0.1) is 11.3 Å². The molecule has 102 valence electrons. The van der Waals surface area contributed by atoms with Gasteiger partial charge in [-0.2, -0.15) is 5.10 Å². The third-order valence-corrected chi connectivity index (χ3v) is 3.70. The van der Waals surface area contributed by atoms with Crippen molar-refractivity contribution in [3.63, 3.8) is 0 Å². The summed E-state index contributed by atoms with van der Waals surface area (Å²) in [5.41, 5.74) is 0.381. The van der Waals surface area contributed by atoms with Crippen LogP contribution in [0.3, 0.4) is 0 Å². The van der Waals surface area contributed by atoms with Gasteiger partial charge in [0.1, 0.15) is 18.3 Å². The van der Waals surface area contributed by atoms with Crippen molar-refractivity contribution in [1.82, 2.24) is 19.9 Å². The lowest BCUT2D eigenvalue weighted by Gasteiger charge is -1.98. The molecule has 0 bridgehead atoms. The van der Waals surface area contributed by atoms with Gasteiger partial charge < -0.3 is 4.52 Å². The summed E-state index contributed by atoms with van der Waals surface area (Å²) in [4.78, 5) is 16.8. The van der Waals surface area contributed by atoms with E-state index >= 15 is 0 Å². The highest BCUT2D eigenvalue weighted by Gasteiger charge is 2.13. The van der Waals surface area contributed by atoms with Crippen LogP contribution in [0.4, 0.5) is 0 Å². The second kappa shape index (κ2) is 5.79. The van der Waals surface area contributed by atoms with E-state index in [9.17, 15) is 4.79 Å². The lowest BCUT2D eigenvalue weighted by molar-refractivity contribution is 0.0969. The molecule has 0 saturated carbocycles. The van der Waals surface area contributed by atoms with E-state index < -0.39 is 0 Å². The van der Waals surface area contributed by atoms with Gasteiger partial charge in [-0.05, 0) is 17.9 Å². The van der Waals surface area contributed by atoms with Crippen molar-refractivity contribution in [3.8, 4) is 10.6 Å². The van der Waals surface area contributed by atoms with E-state index in [4.69, 9.17) is 4.52 Å². The molecule has 3 aromatic rings. The van der Waals surface area contributed by atoms with Crippen LogP contribution < -0.4 is 0 Å². The fourth-order valence-corrected chi connectivity index (χ4v) is 2.49. The number of nitrogens with zero attached hydrogens (tertiary/aromatic N) is 4. The zero-order valence-corrected chi connectivity index (χ0v) is 11.4. The molecule has 0 fully saturated rings. The molecule has 7 heteroatoms. The van der Waals surface area contributed by atoms with Gasteiger partial charge in [0.05, 0.1) is 4.88 Å². The van der Waals surface area contributed by atoms with Crippen LogP contribution in [-0.4, -0.2) is 25.7 Å². The van der Waals surface area contributed by atoms with E-state index in [1.807, 2.05) is 17.5 Å². The van der Waals surface area contributed by atoms with Crippen molar-refractivity contribution in [3.05, 3.63) is 41.9 Å². The van der Waals surface area contributed by atoms with Gasteiger partial charge in [0.2, 0.25) is 0 Å². The quantitative estimate of drug-likeness (QED) is 0.652. The number of carbonyl (C=O) groups excluding carboxylic acids is 1. The van der Waals surface area contributed by atoms with Gasteiger partial charge >= 0.3 is 0 Å². The number of hydrogen-bond donors (Lipinski definition) is 0. The van der Waals surface area contributed by atoms with E-state index in [2.05, 4.69) is 15.2 Å². The molecule has 0 spiro atoms. The topological polar surface area (TPSA) is 73.8 Å². The van der Waals surface area contributed by atoms with Crippen molar-refractivity contribution in [2.45, 2.75) is 19.4 Å². The molecule has 0 aliphatic heterocycles. The molecule has 0 amide bonds. The van der Waals surface area contributed by atoms with E-state index in [1.54, 1.807) is 28.4 Å². The van der Waals surface area contributed by atoms with Crippen LogP contribution in [-0.2, 0) is 6.54 Å². The van der Waals surface area contributed by atoms with Gasteiger partial charge in [-0.25, -0.2) is 4.98 Å². The molecule has 0 saturated heterocycles. The van der Waals surface area contributed by atoms with E-state index in [1.165, 1.54) is 6.33 Å². The lowest BCUT2D eigenvalue weighted by atomic mass is 10.1. The number of hydrogen-bond acceptors (Lipinski definition) is 6. The maximum atomic E-state index is 12.0. The second-order valence-electron chi connectivity index (χ2n) is 4.24. The molecule has 0 N–H and O–H groups in total. The fourth-order valence-electron chi connectivity index (χ4n) is 1.82. The van der Waals surface area contributed by atoms with E-state index in [0.29, 0.717) is 30.8 Å². The van der Waals surface area contributed by atoms with Crippen LogP contribution in [0.1, 0.15) is 23.3 Å². The first-order chi connectivity index (χ1) is 9.83. The summed E-state index contributed by atoms with van der Waals surface area (Å²) in [6.07, 6.45) is 4.22. The third kappa shape index (κ3) is 2.83. The minimum atomic E-state index is -0.0170. The summed E-state index contributed by atoms with van der Waals surface area (Å²) in [6.45, 7) is 0.668. The third-order valence-electron chi connectivity index (χ3n) is 2.82. The summed E-state index contributed by atoms with van der Waals surface area (Å²) < 4.78 is 6.90. The first-order valence-electron chi connectivity index (χ1n) is 6.19. The Kier molecular flexibility index (Phi) is 3.69. The summed E-state index contributed by atoms with van der Waals surface area (Å²) in [6, 6.07) is 5.57. The molecular formula is C13H12N4O2S. The summed E-state index contributed by atoms with van der Waals surface area (Å²) in [7, 11) is 0. The average Bonchev–Trinajstić information content (AvgIpc) is 3.20. The number of thiophene rings is 1. The summed E-state index contributed by atoms with van der Waals surface area (Å²) in [5.74, 6) is 0.622. The number of Topliss-reactive ketones (excluding diaryl/α,β-unsaturated/α-hetero) is 1. The van der Waals surface area contributed by atoms with Crippen LogP contribution in [0.25, 0.3) is 10.6 Å². The summed E-state index contributed by atoms with van der Waals surface area (Å²) >= 11 is 1.55. The zero-order valence-electron chi connectivity index (χ0n) is 10.6. The molecule has 0 aliphatic carbocycles. The van der Waals surface area contributed by atoms with Gasteiger partial charge in [-0.3, -0.25) is 9.48 Å². The van der Waals surface area contributed by atoms with Crippen molar-refractivity contribution < 1.29 is 9.32 Å². The Morgan fingerprint density at radius 1 is 1.45 bits per heavy atom. The SMILES string of the molecule is O=C(CCCn1cncn1)c1cc(-c2cccs2)on1. The minimum absolute atomic E-state index is 0.0170. The van der Waals surface area contributed by atoms with E-state index in [0.717, 1.165) is 4.88 Å². The summed E-state index contributed by atoms with van der Waals surface area (Å²) in [5, 5.41) is 9.78. The monoisotopic (exact) mass is 288 g/mol. The van der Waals surface area contributed by atoms with Crippen LogP contribution in [0, 0.1) is 0 Å². The Morgan fingerprint density at radius 3 is 3.15 bits per heavy atom. The van der Waals surface area contributed by atoms with Crippen molar-refractivity contribution in [2.75, 3.05) is 0 Å². The molecule has 3 aromatic heterocycles. The Hall–Kier alpha value is -2.28. The smallest absolute Gasteiger partial charge is 0.184 e. The number of aryl methyl sites for hydroxylation is 1. The number of carbonyl (C=O) groups is 1. The van der Waals surface area contributed by atoms with Gasteiger partial charge in [0.15, 0.2) is 11.5 Å². The maximum Gasteiger partial charge on any atom is 0.184 e. The molecule has 0 radical (unpaired) electrons. The molecule has 0 atom stereocenters. The molecule has 3 rings (SSSR count). The molecule has 20 heavy (non-hydrogen) atoms. The number of aromatic nitrogens is 4. The molecule has 3 heterocycles. The Labute approximate surface area is 119 Å². The number of ketones is 1. The first-order valence-corrected chi connectivity index (χ1v) is 7.07. The second-order valence-corrected chi connectivity index (χ2v) is 5.19. The van der Waals surface area contributed by atoms with Gasteiger partial charge in [0, 0.05) is 19.0 Å². The first kappa shape index (κ1) is 12.7.